The van der Waals surface area contributed by atoms with E-state index in [4.69, 9.17) is 16.8 Å². The summed E-state index contributed by atoms with van der Waals surface area (Å²) in [5.41, 5.74) is 5.53. The Morgan fingerprint density at radius 3 is 1.80 bits per heavy atom. The van der Waals surface area contributed by atoms with E-state index in [1.54, 1.807) is 0 Å². The fourth-order valence-corrected chi connectivity index (χ4v) is 4.73. The highest BCUT2D eigenvalue weighted by atomic mass is 15.3. The van der Waals surface area contributed by atoms with Gasteiger partial charge in [-0.25, -0.2) is 14.2 Å². The van der Waals surface area contributed by atoms with Crippen molar-refractivity contribution < 1.29 is 0 Å². The van der Waals surface area contributed by atoms with Crippen molar-refractivity contribution in [1.82, 2.24) is 19.6 Å². The minimum atomic E-state index is -0.470. The number of aromatic nitrogens is 4. The first-order chi connectivity index (χ1) is 16.5. The molecule has 0 unspecified atom stereocenters. The molecule has 0 spiro atoms. The summed E-state index contributed by atoms with van der Waals surface area (Å²) in [5, 5.41) is 19.8. The Morgan fingerprint density at radius 1 is 0.771 bits per heavy atom. The molecule has 6 heteroatoms. The van der Waals surface area contributed by atoms with Crippen molar-refractivity contribution in [2.45, 2.75) is 57.8 Å². The summed E-state index contributed by atoms with van der Waals surface area (Å²) in [5.74, 6) is 0. The summed E-state index contributed by atoms with van der Waals surface area (Å²) >= 11 is 0. The van der Waals surface area contributed by atoms with Gasteiger partial charge in [0.1, 0.15) is 0 Å². The van der Waals surface area contributed by atoms with Gasteiger partial charge in [-0.15, -0.1) is 0 Å². The molecule has 0 atom stereocenters. The van der Waals surface area contributed by atoms with Gasteiger partial charge in [0, 0.05) is 28.6 Å². The standard InChI is InChI=1S/C29H28N6/c1-27(2)20-12-19(18-30)13-23(15-20)34-10-8-25(32-34)28(3,4)29(5,6)26-9-11-35(33-26)24-16-21(27)14-22(17-24)31-7/h8-17H,1-6H3. The first-order valence-electron chi connectivity index (χ1n) is 11.7. The average molecular weight is 461 g/mol. The Bertz CT molecular complexity index is 1430. The van der Waals surface area contributed by atoms with Gasteiger partial charge in [-0.3, -0.25) is 0 Å². The summed E-state index contributed by atoms with van der Waals surface area (Å²) in [6.45, 7) is 20.7. The smallest absolute Gasteiger partial charge is 0.189 e. The lowest BCUT2D eigenvalue weighted by atomic mass is 9.64. The molecule has 5 rings (SSSR count). The number of hydrogen-bond donors (Lipinski definition) is 0. The lowest BCUT2D eigenvalue weighted by Crippen LogP contribution is -2.41. The minimum absolute atomic E-state index is 0.337. The van der Waals surface area contributed by atoms with Crippen LogP contribution in [0.5, 0.6) is 0 Å². The molecule has 2 aromatic carbocycles. The third-order valence-corrected chi connectivity index (χ3v) is 8.07. The molecule has 0 saturated heterocycles. The SMILES string of the molecule is [C-]#[N+]c1cc2cc(c1)C(C)(C)c1cc(C#N)cc(c1)-n1ccc(n1)C(C)(C)C(C)(C)c1ccn-2n1. The second-order valence-electron chi connectivity index (χ2n) is 10.9. The maximum absolute atomic E-state index is 9.81. The summed E-state index contributed by atoms with van der Waals surface area (Å²) in [6.07, 6.45) is 3.93. The molecule has 0 saturated carbocycles. The molecule has 4 aromatic rings. The van der Waals surface area contributed by atoms with Gasteiger partial charge in [0.2, 0.25) is 0 Å². The van der Waals surface area contributed by atoms with Crippen LogP contribution in [0, 0.1) is 17.9 Å². The molecular weight excluding hydrogens is 432 g/mol. The van der Waals surface area contributed by atoms with E-state index >= 15 is 0 Å². The summed E-state index contributed by atoms with van der Waals surface area (Å²) in [4.78, 5) is 3.75. The normalized spacial score (nSPS) is 16.9. The molecule has 6 nitrogen and oxygen atoms in total. The predicted molar refractivity (Wildman–Crippen MR) is 136 cm³/mol. The van der Waals surface area contributed by atoms with E-state index < -0.39 is 5.41 Å². The second-order valence-corrected chi connectivity index (χ2v) is 10.9. The van der Waals surface area contributed by atoms with Gasteiger partial charge in [-0.2, -0.15) is 15.5 Å². The minimum Gasteiger partial charge on any atom is -0.242 e. The van der Waals surface area contributed by atoms with Crippen LogP contribution in [0.3, 0.4) is 0 Å². The number of benzene rings is 2. The van der Waals surface area contributed by atoms with Crippen molar-refractivity contribution in [2.75, 3.05) is 0 Å². The lowest BCUT2D eigenvalue weighted by molar-refractivity contribution is 0.286. The maximum Gasteiger partial charge on any atom is 0.189 e. The van der Waals surface area contributed by atoms with Crippen molar-refractivity contribution in [3.05, 3.63) is 100 Å². The molecule has 174 valence electrons. The Kier molecular flexibility index (Phi) is 4.80. The Balaban J connectivity index is 1.88. The molecule has 3 heterocycles. The third-order valence-electron chi connectivity index (χ3n) is 8.07. The molecule has 1 aliphatic heterocycles. The summed E-state index contributed by atoms with van der Waals surface area (Å²) in [6, 6.07) is 18.2. The van der Waals surface area contributed by atoms with Gasteiger partial charge < -0.3 is 0 Å². The Morgan fingerprint density at radius 2 is 1.29 bits per heavy atom. The van der Waals surface area contributed by atoms with Gasteiger partial charge in [0.25, 0.3) is 0 Å². The highest BCUT2D eigenvalue weighted by Crippen LogP contribution is 2.43. The van der Waals surface area contributed by atoms with Crippen LogP contribution in [0.25, 0.3) is 16.2 Å². The van der Waals surface area contributed by atoms with Crippen molar-refractivity contribution in [3.8, 4) is 17.4 Å². The molecule has 0 fully saturated rings. The van der Waals surface area contributed by atoms with E-state index in [1.807, 2.05) is 46.0 Å². The second kappa shape index (κ2) is 7.42. The zero-order valence-corrected chi connectivity index (χ0v) is 21.0. The van der Waals surface area contributed by atoms with E-state index in [-0.39, 0.29) is 10.8 Å². The predicted octanol–water partition coefficient (Wildman–Crippen LogP) is 6.38. The molecule has 0 amide bonds. The average Bonchev–Trinajstić information content (AvgIpc) is 3.54. The zero-order valence-electron chi connectivity index (χ0n) is 21.0. The first kappa shape index (κ1) is 22.6. The van der Waals surface area contributed by atoms with Crippen LogP contribution >= 0.6 is 0 Å². The van der Waals surface area contributed by atoms with Crippen LogP contribution in [0.4, 0.5) is 5.69 Å². The molecule has 8 bridgehead atoms. The Hall–Kier alpha value is -4.16. The van der Waals surface area contributed by atoms with Crippen LogP contribution in [0.2, 0.25) is 0 Å². The summed E-state index contributed by atoms with van der Waals surface area (Å²) in [7, 11) is 0. The highest BCUT2D eigenvalue weighted by Gasteiger charge is 2.43. The molecule has 35 heavy (non-hydrogen) atoms. The highest BCUT2D eigenvalue weighted by molar-refractivity contribution is 5.59. The fourth-order valence-electron chi connectivity index (χ4n) is 4.73. The van der Waals surface area contributed by atoms with Crippen LogP contribution in [-0.2, 0) is 16.2 Å². The molecule has 1 aliphatic rings. The van der Waals surface area contributed by atoms with E-state index in [0.717, 1.165) is 33.9 Å². The van der Waals surface area contributed by atoms with Crippen molar-refractivity contribution in [1.29, 1.82) is 5.26 Å². The first-order valence-corrected chi connectivity index (χ1v) is 11.7. The third kappa shape index (κ3) is 3.37. The largest absolute Gasteiger partial charge is 0.242 e. The zero-order chi connectivity index (χ0) is 25.2. The van der Waals surface area contributed by atoms with Crippen molar-refractivity contribution in [3.63, 3.8) is 0 Å². The van der Waals surface area contributed by atoms with Crippen molar-refractivity contribution in [2.24, 2.45) is 0 Å². The lowest BCUT2D eigenvalue weighted by Gasteiger charge is -2.39. The summed E-state index contributed by atoms with van der Waals surface area (Å²) < 4.78 is 3.71. The number of nitriles is 1. The van der Waals surface area contributed by atoms with E-state index in [0.29, 0.717) is 11.3 Å². The molecule has 0 radical (unpaired) electrons. The number of hydrogen-bond acceptors (Lipinski definition) is 3. The monoisotopic (exact) mass is 460 g/mol. The number of rotatable bonds is 0. The van der Waals surface area contributed by atoms with E-state index in [2.05, 4.69) is 76.7 Å². The molecule has 2 aromatic heterocycles. The van der Waals surface area contributed by atoms with Gasteiger partial charge in [0.15, 0.2) is 5.69 Å². The van der Waals surface area contributed by atoms with Gasteiger partial charge >= 0.3 is 0 Å². The van der Waals surface area contributed by atoms with E-state index in [1.165, 1.54) is 0 Å². The quantitative estimate of drug-likeness (QED) is 0.286. The van der Waals surface area contributed by atoms with Crippen molar-refractivity contribution >= 4 is 5.69 Å². The van der Waals surface area contributed by atoms with Crippen LogP contribution in [0.1, 0.15) is 69.6 Å². The molecule has 0 aliphatic carbocycles. The number of nitrogens with zero attached hydrogens (tertiary/aromatic N) is 6. The van der Waals surface area contributed by atoms with Crippen LogP contribution in [-0.4, -0.2) is 19.6 Å². The van der Waals surface area contributed by atoms with Gasteiger partial charge in [-0.1, -0.05) is 47.6 Å². The van der Waals surface area contributed by atoms with Gasteiger partial charge in [0.05, 0.1) is 41.0 Å². The van der Waals surface area contributed by atoms with E-state index in [9.17, 15) is 5.26 Å². The van der Waals surface area contributed by atoms with Crippen LogP contribution in [0.15, 0.2) is 60.9 Å². The maximum atomic E-state index is 9.81. The van der Waals surface area contributed by atoms with Crippen LogP contribution < -0.4 is 0 Å². The number of fused-ring (bicyclic) bond motifs is 10. The topological polar surface area (TPSA) is 63.8 Å². The fraction of sp³-hybridized carbons (Fsp3) is 0.310. The van der Waals surface area contributed by atoms with Gasteiger partial charge in [-0.05, 0) is 53.6 Å². The molecule has 0 N–H and O–H groups in total. The Labute approximate surface area is 206 Å². The molecular formula is C29H28N6.